The topological polar surface area (TPSA) is 49.7 Å². The van der Waals surface area contributed by atoms with Crippen molar-refractivity contribution in [3.05, 3.63) is 11.2 Å². The molecule has 8 heteroatoms. The van der Waals surface area contributed by atoms with Crippen molar-refractivity contribution < 1.29 is 4.74 Å². The number of likely N-dealkylation sites (N-methyl/N-ethyl adjacent to an activating group) is 1. The van der Waals surface area contributed by atoms with E-state index in [0.29, 0.717) is 17.3 Å². The molecular formula is C18H25ClN6O. The normalized spacial score (nSPS) is 26.4. The molecule has 3 aliphatic rings. The smallest absolute Gasteiger partial charge is 0.206 e. The van der Waals surface area contributed by atoms with Gasteiger partial charge in [-0.15, -0.1) is 0 Å². The van der Waals surface area contributed by atoms with Crippen molar-refractivity contribution in [2.75, 3.05) is 55.7 Å². The van der Waals surface area contributed by atoms with Gasteiger partial charge in [0.1, 0.15) is 10.7 Å². The molecule has 0 aromatic carbocycles. The van der Waals surface area contributed by atoms with Crippen LogP contribution in [0.5, 0.6) is 0 Å². The number of imidazole rings is 1. The van der Waals surface area contributed by atoms with Crippen molar-refractivity contribution in [2.24, 2.45) is 7.05 Å². The van der Waals surface area contributed by atoms with E-state index >= 15 is 0 Å². The van der Waals surface area contributed by atoms with E-state index in [4.69, 9.17) is 21.3 Å². The monoisotopic (exact) mass is 376 g/mol. The summed E-state index contributed by atoms with van der Waals surface area (Å²) in [5.41, 5.74) is 2.01. The molecule has 2 aromatic heterocycles. The Morgan fingerprint density at radius 3 is 2.69 bits per heavy atom. The van der Waals surface area contributed by atoms with Gasteiger partial charge in [0.05, 0.1) is 24.3 Å². The zero-order chi connectivity index (χ0) is 17.8. The van der Waals surface area contributed by atoms with Crippen LogP contribution < -0.4 is 9.80 Å². The molecule has 0 amide bonds. The highest BCUT2D eigenvalue weighted by molar-refractivity contribution is 6.30. The number of piperazine rings is 1. The number of aromatic nitrogens is 3. The zero-order valence-corrected chi connectivity index (χ0v) is 16.1. The number of aryl methyl sites for hydroxylation is 1. The minimum atomic E-state index is 0.320. The molecule has 0 N–H and O–H groups in total. The third-order valence-corrected chi connectivity index (χ3v) is 6.26. The number of fused-ring (bicyclic) bond motifs is 3. The summed E-state index contributed by atoms with van der Waals surface area (Å²) >= 11 is 6.38. The molecule has 3 fully saturated rings. The Morgan fingerprint density at radius 2 is 2.04 bits per heavy atom. The fourth-order valence-corrected chi connectivity index (χ4v) is 4.72. The lowest BCUT2D eigenvalue weighted by Crippen LogP contribution is -2.47. The number of halogens is 1. The Hall–Kier alpha value is -1.57. The average molecular weight is 377 g/mol. The van der Waals surface area contributed by atoms with E-state index in [1.165, 1.54) is 0 Å². The minimum Gasteiger partial charge on any atom is -0.374 e. The molecular weight excluding hydrogens is 352 g/mol. The van der Waals surface area contributed by atoms with Gasteiger partial charge >= 0.3 is 0 Å². The van der Waals surface area contributed by atoms with Gasteiger partial charge in [-0.05, 0) is 13.0 Å². The zero-order valence-electron chi connectivity index (χ0n) is 15.4. The third kappa shape index (κ3) is 2.56. The highest BCUT2D eigenvalue weighted by atomic mass is 35.5. The molecule has 140 valence electrons. The number of anilines is 2. The highest BCUT2D eigenvalue weighted by Gasteiger charge is 2.41. The first-order valence-corrected chi connectivity index (χ1v) is 9.90. The SMILES string of the molecule is CCN1CCN(c2nc3c(N4C[C@H]5C[C@@H]4CO5)nc(Cl)cc3n2C)CC1. The summed E-state index contributed by atoms with van der Waals surface area (Å²) < 4.78 is 7.92. The predicted octanol–water partition coefficient (Wildman–Crippen LogP) is 1.74. The van der Waals surface area contributed by atoms with Gasteiger partial charge in [-0.2, -0.15) is 0 Å². The summed E-state index contributed by atoms with van der Waals surface area (Å²) in [6, 6.07) is 2.33. The summed E-state index contributed by atoms with van der Waals surface area (Å²) in [7, 11) is 2.08. The van der Waals surface area contributed by atoms with E-state index in [9.17, 15) is 0 Å². The number of hydrogen-bond acceptors (Lipinski definition) is 6. The van der Waals surface area contributed by atoms with Crippen molar-refractivity contribution in [1.29, 1.82) is 0 Å². The maximum Gasteiger partial charge on any atom is 0.206 e. The minimum absolute atomic E-state index is 0.320. The van der Waals surface area contributed by atoms with Crippen molar-refractivity contribution in [2.45, 2.75) is 25.5 Å². The average Bonchev–Trinajstić information content (AvgIpc) is 3.37. The summed E-state index contributed by atoms with van der Waals surface area (Å²) in [5, 5.41) is 0.529. The van der Waals surface area contributed by atoms with Gasteiger partial charge in [-0.25, -0.2) is 9.97 Å². The fraction of sp³-hybridized carbons (Fsp3) is 0.667. The van der Waals surface area contributed by atoms with Crippen LogP contribution in [0, 0.1) is 0 Å². The second-order valence-corrected chi connectivity index (χ2v) is 7.91. The van der Waals surface area contributed by atoms with Crippen LogP contribution in [-0.4, -0.2) is 77.5 Å². The maximum absolute atomic E-state index is 6.38. The van der Waals surface area contributed by atoms with E-state index < -0.39 is 0 Å². The van der Waals surface area contributed by atoms with Gasteiger partial charge in [-0.3, -0.25) is 0 Å². The van der Waals surface area contributed by atoms with Crippen LogP contribution in [0.4, 0.5) is 11.8 Å². The summed E-state index contributed by atoms with van der Waals surface area (Å²) in [6.45, 7) is 9.16. The van der Waals surface area contributed by atoms with Crippen molar-refractivity contribution >= 4 is 34.4 Å². The van der Waals surface area contributed by atoms with Gasteiger partial charge in [0.2, 0.25) is 5.95 Å². The van der Waals surface area contributed by atoms with Crippen LogP contribution in [-0.2, 0) is 11.8 Å². The van der Waals surface area contributed by atoms with Crippen LogP contribution >= 0.6 is 11.6 Å². The second kappa shape index (κ2) is 6.25. The van der Waals surface area contributed by atoms with Crippen molar-refractivity contribution in [1.82, 2.24) is 19.4 Å². The molecule has 2 aromatic rings. The molecule has 3 aliphatic heterocycles. The van der Waals surface area contributed by atoms with Crippen LogP contribution in [0.3, 0.4) is 0 Å². The van der Waals surface area contributed by atoms with E-state index in [2.05, 4.69) is 38.2 Å². The van der Waals surface area contributed by atoms with E-state index in [0.717, 1.165) is 75.1 Å². The molecule has 26 heavy (non-hydrogen) atoms. The summed E-state index contributed by atoms with van der Waals surface area (Å²) in [6.07, 6.45) is 1.40. The molecule has 0 unspecified atom stereocenters. The predicted molar refractivity (Wildman–Crippen MR) is 103 cm³/mol. The molecule has 7 nitrogen and oxygen atoms in total. The van der Waals surface area contributed by atoms with Gasteiger partial charge in [0, 0.05) is 45.8 Å². The molecule has 2 atom stereocenters. The standard InChI is InChI=1S/C18H25ClN6O/c1-3-23-4-6-24(7-5-23)18-21-16-14(22(18)2)9-15(19)20-17(16)25-10-13-8-12(25)11-26-13/h9,12-13H,3-8,10-11H2,1-2H3/t12-,13-/m1/s1. The fourth-order valence-electron chi connectivity index (χ4n) is 4.53. The summed E-state index contributed by atoms with van der Waals surface area (Å²) in [5.74, 6) is 1.93. The number of pyridine rings is 1. The molecule has 0 radical (unpaired) electrons. The molecule has 5 rings (SSSR count). The van der Waals surface area contributed by atoms with E-state index in [-0.39, 0.29) is 0 Å². The number of hydrogen-bond donors (Lipinski definition) is 0. The van der Waals surface area contributed by atoms with Gasteiger partial charge in [0.15, 0.2) is 5.82 Å². The van der Waals surface area contributed by atoms with E-state index in [1.54, 1.807) is 0 Å². The quantitative estimate of drug-likeness (QED) is 0.760. The Morgan fingerprint density at radius 1 is 1.23 bits per heavy atom. The number of nitrogens with zero attached hydrogens (tertiary/aromatic N) is 6. The summed E-state index contributed by atoms with van der Waals surface area (Å²) in [4.78, 5) is 16.9. The molecule has 2 bridgehead atoms. The number of rotatable bonds is 3. The maximum atomic E-state index is 6.38. The first kappa shape index (κ1) is 16.6. The van der Waals surface area contributed by atoms with Gasteiger partial charge < -0.3 is 24.0 Å². The lowest BCUT2D eigenvalue weighted by atomic mass is 10.2. The lowest BCUT2D eigenvalue weighted by molar-refractivity contribution is 0.0990. The Balaban J connectivity index is 1.54. The first-order chi connectivity index (χ1) is 12.6. The Bertz CT molecular complexity index is 831. The van der Waals surface area contributed by atoms with Crippen molar-refractivity contribution in [3.63, 3.8) is 0 Å². The van der Waals surface area contributed by atoms with Crippen LogP contribution in [0.25, 0.3) is 11.0 Å². The number of morpholine rings is 1. The Kier molecular flexibility index (Phi) is 3.99. The lowest BCUT2D eigenvalue weighted by Gasteiger charge is -2.34. The highest BCUT2D eigenvalue weighted by Crippen LogP contribution is 2.37. The third-order valence-electron chi connectivity index (χ3n) is 6.07. The van der Waals surface area contributed by atoms with Gasteiger partial charge in [0.25, 0.3) is 0 Å². The van der Waals surface area contributed by atoms with Crippen LogP contribution in [0.15, 0.2) is 6.07 Å². The first-order valence-electron chi connectivity index (χ1n) is 9.52. The number of ether oxygens (including phenoxy) is 1. The van der Waals surface area contributed by atoms with Crippen molar-refractivity contribution in [3.8, 4) is 0 Å². The molecule has 5 heterocycles. The molecule has 0 spiro atoms. The molecule has 3 saturated heterocycles. The Labute approximate surface area is 158 Å². The second-order valence-electron chi connectivity index (χ2n) is 7.53. The van der Waals surface area contributed by atoms with Crippen LogP contribution in [0.1, 0.15) is 13.3 Å². The molecule has 0 saturated carbocycles. The van der Waals surface area contributed by atoms with E-state index in [1.807, 2.05) is 6.07 Å². The van der Waals surface area contributed by atoms with Crippen LogP contribution in [0.2, 0.25) is 5.15 Å². The largest absolute Gasteiger partial charge is 0.374 e. The van der Waals surface area contributed by atoms with Gasteiger partial charge in [-0.1, -0.05) is 18.5 Å². The molecule has 0 aliphatic carbocycles.